The van der Waals surface area contributed by atoms with Crippen molar-refractivity contribution in [1.29, 1.82) is 0 Å². The van der Waals surface area contributed by atoms with Gasteiger partial charge in [-0.15, -0.1) is 0 Å². The standard InChI is InChI=1S/C14H22N2/c1-11(12-6-4-3-5-7-12)16-14(2,10-15)13-8-9-13/h3-7,11,13,16H,8-10,15H2,1-2H3. The summed E-state index contributed by atoms with van der Waals surface area (Å²) < 4.78 is 0. The van der Waals surface area contributed by atoms with Gasteiger partial charge in [-0.1, -0.05) is 30.3 Å². The zero-order chi connectivity index (χ0) is 11.6. The molecule has 2 heteroatoms. The molecule has 0 spiro atoms. The average molecular weight is 218 g/mol. The van der Waals surface area contributed by atoms with Gasteiger partial charge in [0.05, 0.1) is 0 Å². The van der Waals surface area contributed by atoms with Gasteiger partial charge >= 0.3 is 0 Å². The summed E-state index contributed by atoms with van der Waals surface area (Å²) in [6, 6.07) is 10.9. The molecule has 0 saturated heterocycles. The van der Waals surface area contributed by atoms with Gasteiger partial charge in [0.15, 0.2) is 0 Å². The van der Waals surface area contributed by atoms with Crippen molar-refractivity contribution >= 4 is 0 Å². The van der Waals surface area contributed by atoms with Gasteiger partial charge in [0.1, 0.15) is 0 Å². The highest BCUT2D eigenvalue weighted by molar-refractivity contribution is 5.19. The van der Waals surface area contributed by atoms with Gasteiger partial charge < -0.3 is 11.1 Å². The normalized spacial score (nSPS) is 21.4. The van der Waals surface area contributed by atoms with Gasteiger partial charge in [-0.2, -0.15) is 0 Å². The molecule has 0 aliphatic heterocycles. The van der Waals surface area contributed by atoms with E-state index in [9.17, 15) is 0 Å². The Balaban J connectivity index is 2.03. The lowest BCUT2D eigenvalue weighted by atomic mass is 9.93. The molecule has 1 aromatic rings. The lowest BCUT2D eigenvalue weighted by Gasteiger charge is -2.33. The van der Waals surface area contributed by atoms with Crippen LogP contribution in [0.25, 0.3) is 0 Å². The van der Waals surface area contributed by atoms with Gasteiger partial charge in [-0.25, -0.2) is 0 Å². The third-order valence-corrected chi connectivity index (χ3v) is 3.75. The van der Waals surface area contributed by atoms with Crippen LogP contribution in [0.5, 0.6) is 0 Å². The number of nitrogens with two attached hydrogens (primary N) is 1. The molecule has 0 heterocycles. The van der Waals surface area contributed by atoms with Gasteiger partial charge in [0.2, 0.25) is 0 Å². The largest absolute Gasteiger partial charge is 0.329 e. The summed E-state index contributed by atoms with van der Waals surface area (Å²) in [5.74, 6) is 0.767. The maximum atomic E-state index is 5.91. The summed E-state index contributed by atoms with van der Waals surface area (Å²) in [4.78, 5) is 0. The minimum atomic E-state index is 0.106. The molecule has 0 amide bonds. The van der Waals surface area contributed by atoms with Gasteiger partial charge in [-0.3, -0.25) is 0 Å². The van der Waals surface area contributed by atoms with E-state index >= 15 is 0 Å². The van der Waals surface area contributed by atoms with E-state index in [1.165, 1.54) is 18.4 Å². The predicted octanol–water partition coefficient (Wildman–Crippen LogP) is 2.46. The molecule has 1 fully saturated rings. The van der Waals surface area contributed by atoms with Crippen LogP contribution >= 0.6 is 0 Å². The third kappa shape index (κ3) is 2.45. The van der Waals surface area contributed by atoms with E-state index in [1.807, 2.05) is 0 Å². The second kappa shape index (κ2) is 4.56. The smallest absolute Gasteiger partial charge is 0.0309 e. The van der Waals surface area contributed by atoms with Crippen molar-refractivity contribution in [3.8, 4) is 0 Å². The Hall–Kier alpha value is -0.860. The van der Waals surface area contributed by atoms with E-state index in [1.54, 1.807) is 0 Å². The van der Waals surface area contributed by atoms with Crippen molar-refractivity contribution in [3.63, 3.8) is 0 Å². The number of hydrogen-bond donors (Lipinski definition) is 2. The van der Waals surface area contributed by atoms with E-state index in [0.717, 1.165) is 12.5 Å². The van der Waals surface area contributed by atoms with Crippen molar-refractivity contribution < 1.29 is 0 Å². The molecule has 2 unspecified atom stereocenters. The Morgan fingerprint density at radius 3 is 2.50 bits per heavy atom. The van der Waals surface area contributed by atoms with Crippen LogP contribution in [0.3, 0.4) is 0 Å². The lowest BCUT2D eigenvalue weighted by molar-refractivity contribution is 0.288. The first-order valence-electron chi connectivity index (χ1n) is 6.18. The van der Waals surface area contributed by atoms with Crippen molar-refractivity contribution in [2.45, 2.75) is 38.3 Å². The predicted molar refractivity (Wildman–Crippen MR) is 68.2 cm³/mol. The minimum Gasteiger partial charge on any atom is -0.329 e. The van der Waals surface area contributed by atoms with Crippen LogP contribution in [0.15, 0.2) is 30.3 Å². The van der Waals surface area contributed by atoms with E-state index in [2.05, 4.69) is 49.5 Å². The summed E-state index contributed by atoms with van der Waals surface area (Å²) >= 11 is 0. The molecule has 0 aromatic heterocycles. The first-order valence-corrected chi connectivity index (χ1v) is 6.18. The number of rotatable bonds is 5. The molecule has 2 atom stereocenters. The topological polar surface area (TPSA) is 38.0 Å². The van der Waals surface area contributed by atoms with E-state index in [0.29, 0.717) is 6.04 Å². The maximum absolute atomic E-state index is 5.91. The molecule has 0 bridgehead atoms. The third-order valence-electron chi connectivity index (χ3n) is 3.75. The Labute approximate surface area is 98.2 Å². The molecule has 3 N–H and O–H groups in total. The summed E-state index contributed by atoms with van der Waals surface area (Å²) in [7, 11) is 0. The lowest BCUT2D eigenvalue weighted by Crippen LogP contribution is -2.51. The fourth-order valence-electron chi connectivity index (χ4n) is 2.38. The highest BCUT2D eigenvalue weighted by Crippen LogP contribution is 2.40. The fourth-order valence-corrected chi connectivity index (χ4v) is 2.38. The quantitative estimate of drug-likeness (QED) is 0.796. The first-order chi connectivity index (χ1) is 7.65. The van der Waals surface area contributed by atoms with Crippen LogP contribution in [0.2, 0.25) is 0 Å². The maximum Gasteiger partial charge on any atom is 0.0309 e. The van der Waals surface area contributed by atoms with E-state index in [-0.39, 0.29) is 5.54 Å². The van der Waals surface area contributed by atoms with Crippen molar-refractivity contribution in [2.75, 3.05) is 6.54 Å². The van der Waals surface area contributed by atoms with Crippen molar-refractivity contribution in [2.24, 2.45) is 11.7 Å². The fraction of sp³-hybridized carbons (Fsp3) is 0.571. The number of nitrogens with one attached hydrogen (secondary N) is 1. The Bertz CT molecular complexity index is 332. The van der Waals surface area contributed by atoms with Gasteiger partial charge in [0, 0.05) is 18.1 Å². The number of benzene rings is 1. The average Bonchev–Trinajstić information content (AvgIpc) is 3.14. The molecule has 16 heavy (non-hydrogen) atoms. The molecule has 0 radical (unpaired) electrons. The summed E-state index contributed by atoms with van der Waals surface area (Å²) in [6.07, 6.45) is 2.64. The monoisotopic (exact) mass is 218 g/mol. The zero-order valence-electron chi connectivity index (χ0n) is 10.2. The second-order valence-electron chi connectivity index (χ2n) is 5.17. The Morgan fingerprint density at radius 2 is 2.00 bits per heavy atom. The summed E-state index contributed by atoms with van der Waals surface area (Å²) in [6.45, 7) is 5.19. The van der Waals surface area contributed by atoms with E-state index in [4.69, 9.17) is 5.73 Å². The molecule has 1 aliphatic rings. The molecule has 1 saturated carbocycles. The molecule has 88 valence electrons. The molecule has 1 aromatic carbocycles. The van der Waals surface area contributed by atoms with Gasteiger partial charge in [0.25, 0.3) is 0 Å². The number of hydrogen-bond acceptors (Lipinski definition) is 2. The Morgan fingerprint density at radius 1 is 1.38 bits per heavy atom. The SMILES string of the molecule is CC(NC(C)(CN)C1CC1)c1ccccc1. The molecule has 1 aliphatic carbocycles. The molecule has 2 rings (SSSR count). The summed E-state index contributed by atoms with van der Waals surface area (Å²) in [5.41, 5.74) is 7.35. The van der Waals surface area contributed by atoms with Crippen LogP contribution in [0.1, 0.15) is 38.3 Å². The molecular weight excluding hydrogens is 196 g/mol. The zero-order valence-corrected chi connectivity index (χ0v) is 10.2. The van der Waals surface area contributed by atoms with E-state index < -0.39 is 0 Å². The first kappa shape index (κ1) is 11.6. The van der Waals surface area contributed by atoms with Crippen molar-refractivity contribution in [3.05, 3.63) is 35.9 Å². The molecule has 2 nitrogen and oxygen atoms in total. The summed E-state index contributed by atoms with van der Waals surface area (Å²) in [5, 5.41) is 3.70. The van der Waals surface area contributed by atoms with Crippen LogP contribution in [0.4, 0.5) is 0 Å². The Kier molecular flexibility index (Phi) is 3.31. The van der Waals surface area contributed by atoms with Crippen LogP contribution < -0.4 is 11.1 Å². The molecular formula is C14H22N2. The van der Waals surface area contributed by atoms with Crippen LogP contribution in [-0.2, 0) is 0 Å². The van der Waals surface area contributed by atoms with Crippen LogP contribution in [-0.4, -0.2) is 12.1 Å². The van der Waals surface area contributed by atoms with Gasteiger partial charge in [-0.05, 0) is 38.2 Å². The minimum absolute atomic E-state index is 0.106. The van der Waals surface area contributed by atoms with Crippen molar-refractivity contribution in [1.82, 2.24) is 5.32 Å². The second-order valence-corrected chi connectivity index (χ2v) is 5.17. The van der Waals surface area contributed by atoms with Crippen LogP contribution in [0, 0.1) is 5.92 Å². The highest BCUT2D eigenvalue weighted by Gasteiger charge is 2.40. The highest BCUT2D eigenvalue weighted by atomic mass is 15.0.